The fraction of sp³-hybridized carbons (Fsp3) is 0.818. The monoisotopic (exact) mass is 388 g/mol. The maximum atomic E-state index is 12.7. The zero-order valence-corrected chi connectivity index (χ0v) is 15.4. The smallest absolute Gasteiger partial charge is 0.0942 e. The fourth-order valence-electron chi connectivity index (χ4n) is 3.12. The molecule has 0 aromatic rings. The highest BCUT2D eigenvalue weighted by atomic mass is 79.9. The van der Waals surface area contributed by atoms with E-state index in [0.717, 1.165) is 0 Å². The van der Waals surface area contributed by atoms with Gasteiger partial charge in [0.15, 0.2) is 0 Å². The predicted molar refractivity (Wildman–Crippen MR) is 81.2 cm³/mol. The van der Waals surface area contributed by atoms with E-state index in [1.807, 2.05) is 41.5 Å². The van der Waals surface area contributed by atoms with Gasteiger partial charge in [-0.1, -0.05) is 76.9 Å². The third-order valence-corrected chi connectivity index (χ3v) is 13.8. The van der Waals surface area contributed by atoms with Crippen LogP contribution in [0.25, 0.3) is 0 Å². The van der Waals surface area contributed by atoms with Crippen LogP contribution in [0.1, 0.15) is 41.5 Å². The molecule has 0 aliphatic rings. The molecule has 0 N–H and O–H groups in total. The lowest BCUT2D eigenvalue weighted by Gasteiger charge is -2.45. The van der Waals surface area contributed by atoms with E-state index in [1.165, 1.54) is 0 Å². The van der Waals surface area contributed by atoms with Crippen LogP contribution in [0.15, 0.2) is 9.51 Å². The average Bonchev–Trinajstić information content (AvgIpc) is 1.93. The van der Waals surface area contributed by atoms with Crippen molar-refractivity contribution in [2.45, 2.75) is 58.2 Å². The molecular formula is C11H22BrF5SSi. The third kappa shape index (κ3) is 5.04. The first-order valence-corrected chi connectivity index (χ1v) is 11.1. The standard InChI is InChI=1S/C11H22BrF5SSi/c1-8(2)19(9(3)4,10(5)6)11(12)7-18(13,14,15,16)17/h7-10H,1-6H3. The Morgan fingerprint density at radius 1 is 0.842 bits per heavy atom. The Bertz CT molecular complexity index is 349. The highest BCUT2D eigenvalue weighted by Gasteiger charge is 2.63. The summed E-state index contributed by atoms with van der Waals surface area (Å²) in [7, 11) is -12.3. The fourth-order valence-corrected chi connectivity index (χ4v) is 15.8. The second kappa shape index (κ2) is 4.73. The predicted octanol–water partition coefficient (Wildman–Crippen LogP) is 7.74. The van der Waals surface area contributed by atoms with Gasteiger partial charge in [-0.3, -0.25) is 0 Å². The molecule has 0 aromatic heterocycles. The van der Waals surface area contributed by atoms with Crippen molar-refractivity contribution in [1.82, 2.24) is 0 Å². The summed E-state index contributed by atoms with van der Waals surface area (Å²) in [5, 5.41) is -0.716. The van der Waals surface area contributed by atoms with Crippen LogP contribution in [-0.2, 0) is 0 Å². The van der Waals surface area contributed by atoms with Gasteiger partial charge in [-0.25, -0.2) is 0 Å². The number of rotatable bonds is 5. The second-order valence-corrected chi connectivity index (χ2v) is 15.6. The molecule has 0 aliphatic carbocycles. The first-order chi connectivity index (χ1) is 7.93. The lowest BCUT2D eigenvalue weighted by atomic mass is 10.5. The second-order valence-electron chi connectivity index (χ2n) is 5.89. The van der Waals surface area contributed by atoms with E-state index >= 15 is 0 Å². The lowest BCUT2D eigenvalue weighted by molar-refractivity contribution is 0.384. The molecular weight excluding hydrogens is 367 g/mol. The molecule has 0 atom stereocenters. The van der Waals surface area contributed by atoms with Crippen LogP contribution in [0.5, 0.6) is 0 Å². The summed E-state index contributed by atoms with van der Waals surface area (Å²) in [4.78, 5) is 0. The van der Waals surface area contributed by atoms with Crippen LogP contribution < -0.4 is 0 Å². The minimum Gasteiger partial charge on any atom is -0.0942 e. The molecule has 0 heterocycles. The first-order valence-electron chi connectivity index (χ1n) is 6.07. The normalized spacial score (nSPS) is 19.0. The summed E-state index contributed by atoms with van der Waals surface area (Å²) in [6.45, 7) is 10.9. The van der Waals surface area contributed by atoms with Crippen LogP contribution >= 0.6 is 26.2 Å². The van der Waals surface area contributed by atoms with Gasteiger partial charge < -0.3 is 0 Å². The van der Waals surface area contributed by atoms with Gasteiger partial charge in [0.05, 0.1) is 5.41 Å². The van der Waals surface area contributed by atoms with Gasteiger partial charge in [-0.2, -0.15) is 0 Å². The summed E-state index contributed by atoms with van der Waals surface area (Å²) in [6, 6.07) is 0. The molecule has 0 saturated heterocycles. The van der Waals surface area contributed by atoms with Gasteiger partial charge in [0, 0.05) is 0 Å². The molecule has 0 saturated carbocycles. The largest absolute Gasteiger partial charge is 0.304 e. The zero-order chi connectivity index (χ0) is 15.9. The van der Waals surface area contributed by atoms with Gasteiger partial charge in [0.1, 0.15) is 8.07 Å². The minimum absolute atomic E-state index is 0.0712. The van der Waals surface area contributed by atoms with Gasteiger partial charge in [-0.15, -0.1) is 0 Å². The summed E-state index contributed by atoms with van der Waals surface area (Å²) in [5.74, 6) is 0. The molecule has 0 spiro atoms. The summed E-state index contributed by atoms with van der Waals surface area (Å²) >= 11 is 2.86. The van der Waals surface area contributed by atoms with Gasteiger partial charge in [0.2, 0.25) is 0 Å². The average molecular weight is 389 g/mol. The van der Waals surface area contributed by atoms with Crippen molar-refractivity contribution in [1.29, 1.82) is 0 Å². The molecule has 0 amide bonds. The zero-order valence-electron chi connectivity index (χ0n) is 12.0. The highest BCUT2D eigenvalue weighted by Crippen LogP contribution is 2.99. The van der Waals surface area contributed by atoms with Crippen molar-refractivity contribution in [2.75, 3.05) is 0 Å². The molecule has 0 unspecified atom stereocenters. The first kappa shape index (κ1) is 19.4. The van der Waals surface area contributed by atoms with E-state index in [0.29, 0.717) is 0 Å². The van der Waals surface area contributed by atoms with Gasteiger partial charge in [0.25, 0.3) is 0 Å². The van der Waals surface area contributed by atoms with Crippen LogP contribution in [0.2, 0.25) is 16.6 Å². The Labute approximate surface area is 121 Å². The molecule has 0 aromatic carbocycles. The maximum Gasteiger partial charge on any atom is 0.304 e. The van der Waals surface area contributed by atoms with E-state index in [-0.39, 0.29) is 20.7 Å². The van der Waals surface area contributed by atoms with Crippen molar-refractivity contribution in [3.05, 3.63) is 9.51 Å². The van der Waals surface area contributed by atoms with Crippen LogP contribution in [0.4, 0.5) is 19.4 Å². The third-order valence-electron chi connectivity index (χ3n) is 3.61. The maximum absolute atomic E-state index is 12.7. The Hall–Kier alpha value is 0.437. The Balaban J connectivity index is 6.17. The van der Waals surface area contributed by atoms with E-state index in [2.05, 4.69) is 15.9 Å². The lowest BCUT2D eigenvalue weighted by Crippen LogP contribution is -2.45. The Morgan fingerprint density at radius 2 is 1.11 bits per heavy atom. The van der Waals surface area contributed by atoms with Crippen molar-refractivity contribution in [2.24, 2.45) is 0 Å². The SMILES string of the molecule is CC(C)[Si](C(Br)=CS(F)(F)(F)(F)F)(C(C)C)C(C)C. The molecule has 0 rings (SSSR count). The van der Waals surface area contributed by atoms with Gasteiger partial charge in [-0.05, 0) is 20.7 Å². The van der Waals surface area contributed by atoms with E-state index in [9.17, 15) is 19.4 Å². The summed E-state index contributed by atoms with van der Waals surface area (Å²) < 4.78 is 63.2. The minimum atomic E-state index is -9.55. The Morgan fingerprint density at radius 3 is 1.26 bits per heavy atom. The van der Waals surface area contributed by atoms with E-state index in [1.54, 1.807) is 0 Å². The van der Waals surface area contributed by atoms with Crippen molar-refractivity contribution in [3.63, 3.8) is 0 Å². The van der Waals surface area contributed by atoms with E-state index < -0.39 is 23.7 Å². The summed E-state index contributed by atoms with van der Waals surface area (Å²) in [6.07, 6.45) is 0. The molecule has 0 fully saturated rings. The van der Waals surface area contributed by atoms with E-state index in [4.69, 9.17) is 0 Å². The van der Waals surface area contributed by atoms with Crippen LogP contribution in [0.3, 0.4) is 0 Å². The quantitative estimate of drug-likeness (QED) is 0.333. The molecule has 0 radical (unpaired) electrons. The molecule has 0 nitrogen and oxygen atoms in total. The van der Waals surface area contributed by atoms with Crippen LogP contribution in [0, 0.1) is 0 Å². The number of hydrogen-bond donors (Lipinski definition) is 0. The summed E-state index contributed by atoms with van der Waals surface area (Å²) in [5.41, 5.74) is -0.214. The highest BCUT2D eigenvalue weighted by molar-refractivity contribution is 9.12. The number of hydrogen-bond acceptors (Lipinski definition) is 0. The topological polar surface area (TPSA) is 0 Å². The van der Waals surface area contributed by atoms with Crippen LogP contribution in [-0.4, -0.2) is 8.07 Å². The van der Waals surface area contributed by atoms with Crippen molar-refractivity contribution >= 4 is 34.2 Å². The van der Waals surface area contributed by atoms with Crippen molar-refractivity contribution in [3.8, 4) is 0 Å². The molecule has 0 bridgehead atoms. The molecule has 0 aliphatic heterocycles. The molecule has 8 heteroatoms. The Kier molecular flexibility index (Phi) is 4.84. The van der Waals surface area contributed by atoms with Gasteiger partial charge >= 0.3 is 10.2 Å². The van der Waals surface area contributed by atoms with Crippen molar-refractivity contribution < 1.29 is 19.4 Å². The molecule has 118 valence electrons. The number of halogens is 6. The molecule has 19 heavy (non-hydrogen) atoms.